The number of benzene rings is 2. The molecule has 0 aliphatic heterocycles. The zero-order valence-corrected chi connectivity index (χ0v) is 28.1. The molecule has 2 aliphatic carbocycles. The molecule has 0 saturated heterocycles. The Bertz CT molecular complexity index is 1150. The fraction of sp³-hybridized carbons (Fsp3) is 0.634. The Labute approximate surface area is 268 Å². The number of esters is 1. The monoisotopic (exact) mass is 600 g/mol. The van der Waals surface area contributed by atoms with Gasteiger partial charge in [-0.2, -0.15) is 0 Å². The number of aliphatic hydroxyl groups excluding tert-OH is 1. The molecule has 0 spiro atoms. The van der Waals surface area contributed by atoms with E-state index in [9.17, 15) is 9.90 Å². The van der Waals surface area contributed by atoms with Crippen LogP contribution in [0.4, 0.5) is 0 Å². The van der Waals surface area contributed by atoms with Gasteiger partial charge in [-0.05, 0) is 135 Å². The predicted octanol–water partition coefficient (Wildman–Crippen LogP) is 9.96. The van der Waals surface area contributed by atoms with Crippen LogP contribution in [0.3, 0.4) is 0 Å². The highest BCUT2D eigenvalue weighted by molar-refractivity contribution is 5.86. The van der Waals surface area contributed by atoms with Gasteiger partial charge in [0.2, 0.25) is 0 Å². The summed E-state index contributed by atoms with van der Waals surface area (Å²) in [4.78, 5) is 11.7. The minimum absolute atomic E-state index is 0.0437. The maximum atomic E-state index is 11.7. The Hall–Kier alpha value is -2.39. The average Bonchev–Trinajstić information content (AvgIpc) is 3.06. The molecule has 3 nitrogen and oxygen atoms in total. The second kappa shape index (κ2) is 17.9. The lowest BCUT2D eigenvalue weighted by Crippen LogP contribution is -2.27. The summed E-state index contributed by atoms with van der Waals surface area (Å²) in [7, 11) is 0. The minimum atomic E-state index is -0.349. The molecule has 2 aromatic carbocycles. The van der Waals surface area contributed by atoms with E-state index in [0.717, 1.165) is 43.4 Å². The smallest absolute Gasteiger partial charge is 0.333 e. The van der Waals surface area contributed by atoms with E-state index in [1.807, 2.05) is 0 Å². The number of rotatable bonds is 16. The van der Waals surface area contributed by atoms with E-state index in [0.29, 0.717) is 18.1 Å². The summed E-state index contributed by atoms with van der Waals surface area (Å²) in [5.41, 5.74) is 8.01. The van der Waals surface area contributed by atoms with Crippen molar-refractivity contribution in [3.8, 4) is 0 Å². The highest BCUT2D eigenvalue weighted by Crippen LogP contribution is 2.44. The van der Waals surface area contributed by atoms with Crippen molar-refractivity contribution in [2.75, 3.05) is 13.2 Å². The van der Waals surface area contributed by atoms with Gasteiger partial charge >= 0.3 is 5.97 Å². The van der Waals surface area contributed by atoms with Gasteiger partial charge in [0.15, 0.2) is 0 Å². The number of unbranched alkanes of at least 4 members (excludes halogenated alkanes) is 2. The Morgan fingerprint density at radius 3 is 2.09 bits per heavy atom. The van der Waals surface area contributed by atoms with Crippen LogP contribution in [0.15, 0.2) is 54.6 Å². The largest absolute Gasteiger partial charge is 0.462 e. The Morgan fingerprint density at radius 2 is 1.48 bits per heavy atom. The zero-order chi connectivity index (χ0) is 31.3. The molecule has 2 aliphatic rings. The first kappa shape index (κ1) is 34.5. The van der Waals surface area contributed by atoms with Gasteiger partial charge in [0.05, 0.1) is 6.61 Å². The molecule has 1 unspecified atom stereocenters. The van der Waals surface area contributed by atoms with Gasteiger partial charge in [0.25, 0.3) is 0 Å². The van der Waals surface area contributed by atoms with Crippen LogP contribution in [-0.4, -0.2) is 24.3 Å². The molecule has 1 atom stereocenters. The third-order valence-electron chi connectivity index (χ3n) is 10.9. The SMILES string of the molecule is C=C(C)C(=O)OCC(CO)CC1CCC(C2CCC(c3ccc(CCc4ccc(CCCCC)c(CC)c4)cc3)CC2)CC1. The van der Waals surface area contributed by atoms with E-state index in [1.165, 1.54) is 88.2 Å². The van der Waals surface area contributed by atoms with Crippen molar-refractivity contribution in [2.24, 2.45) is 23.7 Å². The third-order valence-corrected chi connectivity index (χ3v) is 10.9. The Kier molecular flexibility index (Phi) is 14.1. The molecular weight excluding hydrogens is 540 g/mol. The van der Waals surface area contributed by atoms with Crippen LogP contribution in [0.1, 0.15) is 132 Å². The second-order valence-corrected chi connectivity index (χ2v) is 14.2. The second-order valence-electron chi connectivity index (χ2n) is 14.2. The van der Waals surface area contributed by atoms with E-state index < -0.39 is 0 Å². The maximum Gasteiger partial charge on any atom is 0.333 e. The van der Waals surface area contributed by atoms with Crippen molar-refractivity contribution in [2.45, 2.75) is 129 Å². The highest BCUT2D eigenvalue weighted by atomic mass is 16.5. The number of hydrogen-bond donors (Lipinski definition) is 1. The molecule has 0 amide bonds. The molecule has 2 aromatic rings. The van der Waals surface area contributed by atoms with Crippen molar-refractivity contribution in [3.63, 3.8) is 0 Å². The standard InChI is InChI=1S/C41H60O3/c1-5-7-8-9-36-19-16-33(27-35(36)6-2)11-10-31-12-17-37(18-13-31)39-22-24-40(25-23-39)38-20-14-32(15-21-38)26-34(28-42)29-44-41(43)30(3)4/h12-13,16-19,27,32,34,38-40,42H,3,5-11,14-15,20-26,28-29H2,1-2,4H3. The molecule has 2 saturated carbocycles. The van der Waals surface area contributed by atoms with Gasteiger partial charge in [-0.15, -0.1) is 0 Å². The van der Waals surface area contributed by atoms with Gasteiger partial charge in [0, 0.05) is 18.1 Å². The average molecular weight is 601 g/mol. The lowest BCUT2D eigenvalue weighted by molar-refractivity contribution is -0.140. The molecule has 2 fully saturated rings. The van der Waals surface area contributed by atoms with Crippen LogP contribution in [0, 0.1) is 23.7 Å². The summed E-state index contributed by atoms with van der Waals surface area (Å²) in [6, 6.07) is 16.9. The molecule has 44 heavy (non-hydrogen) atoms. The Morgan fingerprint density at radius 1 is 0.841 bits per heavy atom. The molecule has 0 heterocycles. The van der Waals surface area contributed by atoms with Crippen LogP contribution in [-0.2, 0) is 35.2 Å². The summed E-state index contributed by atoms with van der Waals surface area (Å²) in [5, 5.41) is 9.81. The molecular formula is C41H60O3. The molecule has 1 N–H and O–H groups in total. The molecule has 0 aromatic heterocycles. The van der Waals surface area contributed by atoms with E-state index >= 15 is 0 Å². The predicted molar refractivity (Wildman–Crippen MR) is 184 cm³/mol. The molecule has 0 radical (unpaired) electrons. The number of ether oxygens (including phenoxy) is 1. The van der Waals surface area contributed by atoms with Gasteiger partial charge in [-0.3, -0.25) is 0 Å². The van der Waals surface area contributed by atoms with Gasteiger partial charge in [-0.25, -0.2) is 4.79 Å². The highest BCUT2D eigenvalue weighted by Gasteiger charge is 2.32. The fourth-order valence-electron chi connectivity index (χ4n) is 8.02. The quantitative estimate of drug-likeness (QED) is 0.118. The van der Waals surface area contributed by atoms with Crippen molar-refractivity contribution in [3.05, 3.63) is 82.4 Å². The van der Waals surface area contributed by atoms with Crippen molar-refractivity contribution < 1.29 is 14.6 Å². The molecule has 3 heteroatoms. The van der Waals surface area contributed by atoms with E-state index in [1.54, 1.807) is 23.6 Å². The summed E-state index contributed by atoms with van der Waals surface area (Å²) in [5.74, 6) is 2.80. The third kappa shape index (κ3) is 10.3. The van der Waals surface area contributed by atoms with Gasteiger partial charge < -0.3 is 9.84 Å². The van der Waals surface area contributed by atoms with Crippen LogP contribution in [0.25, 0.3) is 0 Å². The first-order valence-corrected chi connectivity index (χ1v) is 18.0. The van der Waals surface area contributed by atoms with Crippen molar-refractivity contribution >= 4 is 5.97 Å². The normalized spacial score (nSPS) is 22.8. The number of hydrogen-bond acceptors (Lipinski definition) is 3. The summed E-state index contributed by atoms with van der Waals surface area (Å²) >= 11 is 0. The summed E-state index contributed by atoms with van der Waals surface area (Å²) in [6.45, 7) is 10.3. The topological polar surface area (TPSA) is 46.5 Å². The van der Waals surface area contributed by atoms with Gasteiger partial charge in [-0.1, -0.05) is 88.6 Å². The lowest BCUT2D eigenvalue weighted by Gasteiger charge is -2.38. The molecule has 4 rings (SSSR count). The van der Waals surface area contributed by atoms with Crippen molar-refractivity contribution in [1.82, 2.24) is 0 Å². The number of aliphatic hydroxyl groups is 1. The fourth-order valence-corrected chi connectivity index (χ4v) is 8.02. The maximum absolute atomic E-state index is 11.7. The zero-order valence-electron chi connectivity index (χ0n) is 28.1. The van der Waals surface area contributed by atoms with E-state index in [4.69, 9.17) is 4.74 Å². The Balaban J connectivity index is 1.17. The van der Waals surface area contributed by atoms with Gasteiger partial charge in [0.1, 0.15) is 0 Å². The van der Waals surface area contributed by atoms with Crippen molar-refractivity contribution in [1.29, 1.82) is 0 Å². The van der Waals surface area contributed by atoms with Crippen LogP contribution in [0.2, 0.25) is 0 Å². The summed E-state index contributed by atoms with van der Waals surface area (Å²) < 4.78 is 5.32. The van der Waals surface area contributed by atoms with E-state index in [2.05, 4.69) is 62.9 Å². The van der Waals surface area contributed by atoms with Crippen LogP contribution in [0.5, 0.6) is 0 Å². The van der Waals surface area contributed by atoms with Crippen LogP contribution < -0.4 is 0 Å². The first-order chi connectivity index (χ1) is 21.4. The summed E-state index contributed by atoms with van der Waals surface area (Å²) in [6.07, 6.45) is 20.0. The van der Waals surface area contributed by atoms with Crippen LogP contribution >= 0.6 is 0 Å². The minimum Gasteiger partial charge on any atom is -0.462 e. The number of carbonyl (C=O) groups excluding carboxylic acids is 1. The number of carbonyl (C=O) groups is 1. The lowest BCUT2D eigenvalue weighted by atomic mass is 9.67. The first-order valence-electron chi connectivity index (χ1n) is 18.0. The van der Waals surface area contributed by atoms with E-state index in [-0.39, 0.29) is 18.5 Å². The molecule has 0 bridgehead atoms. The molecule has 242 valence electrons. The number of aryl methyl sites for hydroxylation is 4.